The number of nitrogens with one attached hydrogen (secondary N) is 1. The maximum absolute atomic E-state index is 13.0. The highest BCUT2D eigenvalue weighted by molar-refractivity contribution is 7.93. The van der Waals surface area contributed by atoms with Crippen molar-refractivity contribution in [3.05, 3.63) is 65.1 Å². The fraction of sp³-hybridized carbons (Fsp3) is 0.235. The van der Waals surface area contributed by atoms with Crippen molar-refractivity contribution in [2.45, 2.75) is 22.8 Å². The second-order valence-corrected chi connectivity index (χ2v) is 8.89. The van der Waals surface area contributed by atoms with Crippen LogP contribution in [0.4, 0.5) is 0 Å². The summed E-state index contributed by atoms with van der Waals surface area (Å²) in [5, 5.41) is 7.18. The van der Waals surface area contributed by atoms with Crippen molar-refractivity contribution in [1.82, 2.24) is 15.5 Å². The van der Waals surface area contributed by atoms with Gasteiger partial charge in [-0.1, -0.05) is 41.6 Å². The van der Waals surface area contributed by atoms with Crippen molar-refractivity contribution in [2.24, 2.45) is 0 Å². The number of nitrogens with zero attached hydrogens (tertiary/aromatic N) is 2. The Morgan fingerprint density at radius 3 is 2.62 bits per heavy atom. The number of amides is 1. The number of carbonyl (C=O) groups excluding carboxylic acids is 1. The average Bonchev–Trinajstić information content (AvgIpc) is 3.28. The van der Waals surface area contributed by atoms with Gasteiger partial charge in [-0.25, -0.2) is 8.42 Å². The van der Waals surface area contributed by atoms with Crippen LogP contribution in [0.25, 0.3) is 0 Å². The van der Waals surface area contributed by atoms with E-state index in [1.807, 2.05) is 6.07 Å². The topological polar surface area (TPSA) is 102 Å². The van der Waals surface area contributed by atoms with Crippen molar-refractivity contribution in [3.63, 3.8) is 0 Å². The Bertz CT molecular complexity index is 967. The van der Waals surface area contributed by atoms with Crippen LogP contribution in [0.1, 0.15) is 22.5 Å². The van der Waals surface area contributed by atoms with Gasteiger partial charge in [-0.15, -0.1) is 11.3 Å². The van der Waals surface area contributed by atoms with Crippen molar-refractivity contribution < 1.29 is 17.7 Å². The third kappa shape index (κ3) is 4.17. The first-order valence-electron chi connectivity index (χ1n) is 7.85. The quantitative estimate of drug-likeness (QED) is 0.663. The predicted molar refractivity (Wildman–Crippen MR) is 96.4 cm³/mol. The molecule has 1 aromatic carbocycles. The van der Waals surface area contributed by atoms with E-state index in [-0.39, 0.29) is 28.9 Å². The lowest BCUT2D eigenvalue weighted by Crippen LogP contribution is -2.33. The van der Waals surface area contributed by atoms with Gasteiger partial charge >= 0.3 is 0 Å². The number of sulfone groups is 1. The fourth-order valence-electron chi connectivity index (χ4n) is 2.47. The van der Waals surface area contributed by atoms with Crippen LogP contribution in [0.2, 0.25) is 0 Å². The molecular weight excluding hydrogens is 374 g/mol. The van der Waals surface area contributed by atoms with Gasteiger partial charge in [0, 0.05) is 13.5 Å². The van der Waals surface area contributed by atoms with Crippen LogP contribution in [0, 0.1) is 6.92 Å². The molecule has 2 heterocycles. The van der Waals surface area contributed by atoms with E-state index in [0.717, 1.165) is 11.3 Å². The number of hydrogen-bond donors (Lipinski definition) is 1. The Hall–Kier alpha value is -2.52. The van der Waals surface area contributed by atoms with Gasteiger partial charge in [-0.05, 0) is 17.0 Å². The predicted octanol–water partition coefficient (Wildman–Crippen LogP) is 2.31. The first-order chi connectivity index (χ1) is 12.5. The standard InChI is InChI=1S/C17H17N3O4S2/c1-12-19-15(20-24-12)10-16(21)18-11-14(13-6-3-2-4-7-13)26(22,23)17-8-5-9-25-17/h2-9,14H,10-11H2,1H3,(H,18,21). The summed E-state index contributed by atoms with van der Waals surface area (Å²) in [6, 6.07) is 12.1. The third-order valence-corrected chi connectivity index (χ3v) is 7.23. The van der Waals surface area contributed by atoms with Crippen molar-refractivity contribution in [1.29, 1.82) is 0 Å². The number of thiophene rings is 1. The number of aromatic nitrogens is 2. The van der Waals surface area contributed by atoms with Crippen LogP contribution in [0.15, 0.2) is 56.6 Å². The molecule has 1 N–H and O–H groups in total. The summed E-state index contributed by atoms with van der Waals surface area (Å²) in [5.74, 6) is 0.265. The highest BCUT2D eigenvalue weighted by atomic mass is 32.2. The van der Waals surface area contributed by atoms with E-state index in [1.165, 1.54) is 0 Å². The molecule has 0 spiro atoms. The summed E-state index contributed by atoms with van der Waals surface area (Å²) in [7, 11) is -3.62. The monoisotopic (exact) mass is 391 g/mol. The Labute approximate surface area is 155 Å². The molecule has 0 fully saturated rings. The molecule has 0 aliphatic carbocycles. The molecule has 0 radical (unpaired) electrons. The number of carbonyl (C=O) groups is 1. The van der Waals surface area contributed by atoms with E-state index in [4.69, 9.17) is 4.52 Å². The van der Waals surface area contributed by atoms with Crippen LogP contribution in [0.5, 0.6) is 0 Å². The number of hydrogen-bond acceptors (Lipinski definition) is 7. The van der Waals surface area contributed by atoms with Crippen LogP contribution in [-0.4, -0.2) is 31.0 Å². The van der Waals surface area contributed by atoms with Crippen molar-refractivity contribution in [2.75, 3.05) is 6.54 Å². The zero-order chi connectivity index (χ0) is 18.6. The largest absolute Gasteiger partial charge is 0.354 e. The van der Waals surface area contributed by atoms with E-state index < -0.39 is 15.1 Å². The van der Waals surface area contributed by atoms with Gasteiger partial charge in [-0.3, -0.25) is 4.79 Å². The van der Waals surface area contributed by atoms with E-state index >= 15 is 0 Å². The number of benzene rings is 1. The highest BCUT2D eigenvalue weighted by Crippen LogP contribution is 2.31. The molecule has 1 amide bonds. The van der Waals surface area contributed by atoms with Crippen LogP contribution in [0.3, 0.4) is 0 Å². The summed E-state index contributed by atoms with van der Waals surface area (Å²) in [4.78, 5) is 16.1. The van der Waals surface area contributed by atoms with Gasteiger partial charge in [0.15, 0.2) is 15.7 Å². The molecule has 2 aromatic heterocycles. The molecule has 1 unspecified atom stereocenters. The smallest absolute Gasteiger partial charge is 0.227 e. The fourth-order valence-corrected chi connectivity index (χ4v) is 5.33. The van der Waals surface area contributed by atoms with E-state index in [9.17, 15) is 13.2 Å². The van der Waals surface area contributed by atoms with Gasteiger partial charge in [0.2, 0.25) is 11.8 Å². The van der Waals surface area contributed by atoms with E-state index in [0.29, 0.717) is 11.5 Å². The normalized spacial score (nSPS) is 12.7. The molecule has 1 atom stereocenters. The lowest BCUT2D eigenvalue weighted by molar-refractivity contribution is -0.120. The van der Waals surface area contributed by atoms with Gasteiger partial charge < -0.3 is 9.84 Å². The summed E-state index contributed by atoms with van der Waals surface area (Å²) < 4.78 is 31.1. The second-order valence-electron chi connectivity index (χ2n) is 5.59. The van der Waals surface area contributed by atoms with Gasteiger partial charge in [0.1, 0.15) is 9.46 Å². The lowest BCUT2D eigenvalue weighted by atomic mass is 10.1. The molecule has 0 aliphatic rings. The summed E-state index contributed by atoms with van der Waals surface area (Å²) in [5.41, 5.74) is 0.622. The lowest BCUT2D eigenvalue weighted by Gasteiger charge is -2.18. The molecular formula is C17H17N3O4S2. The van der Waals surface area contributed by atoms with Crippen LogP contribution < -0.4 is 5.32 Å². The van der Waals surface area contributed by atoms with Gasteiger partial charge in [-0.2, -0.15) is 4.98 Å². The third-order valence-electron chi connectivity index (χ3n) is 3.69. The van der Waals surface area contributed by atoms with Crippen molar-refractivity contribution >= 4 is 27.1 Å². The maximum atomic E-state index is 13.0. The molecule has 9 heteroatoms. The second kappa shape index (κ2) is 7.79. The molecule has 3 aromatic rings. The molecule has 0 saturated heterocycles. The maximum Gasteiger partial charge on any atom is 0.227 e. The first kappa shape index (κ1) is 18.3. The molecule has 0 aliphatic heterocycles. The zero-order valence-electron chi connectivity index (χ0n) is 14.0. The molecule has 136 valence electrons. The van der Waals surface area contributed by atoms with Crippen LogP contribution in [-0.2, 0) is 21.1 Å². The van der Waals surface area contributed by atoms with Crippen molar-refractivity contribution in [3.8, 4) is 0 Å². The molecule has 0 bridgehead atoms. The summed E-state index contributed by atoms with van der Waals surface area (Å²) >= 11 is 1.16. The van der Waals surface area contributed by atoms with Crippen LogP contribution >= 0.6 is 11.3 Å². The summed E-state index contributed by atoms with van der Waals surface area (Å²) in [6.07, 6.45) is -0.0715. The first-order valence-corrected chi connectivity index (χ1v) is 10.3. The van der Waals surface area contributed by atoms with E-state index in [2.05, 4.69) is 15.5 Å². The Balaban J connectivity index is 1.77. The van der Waals surface area contributed by atoms with Gasteiger partial charge in [0.25, 0.3) is 0 Å². The Morgan fingerprint density at radius 1 is 1.23 bits per heavy atom. The minimum absolute atomic E-state index is 0.0418. The number of rotatable bonds is 7. The molecule has 3 rings (SSSR count). The number of aryl methyl sites for hydroxylation is 1. The van der Waals surface area contributed by atoms with E-state index in [1.54, 1.807) is 48.7 Å². The minimum Gasteiger partial charge on any atom is -0.354 e. The average molecular weight is 391 g/mol. The summed E-state index contributed by atoms with van der Waals surface area (Å²) in [6.45, 7) is 1.59. The Morgan fingerprint density at radius 2 is 2.00 bits per heavy atom. The zero-order valence-corrected chi connectivity index (χ0v) is 15.6. The molecule has 7 nitrogen and oxygen atoms in total. The Kier molecular flexibility index (Phi) is 5.48. The minimum atomic E-state index is -3.62. The van der Waals surface area contributed by atoms with Gasteiger partial charge in [0.05, 0.1) is 6.42 Å². The highest BCUT2D eigenvalue weighted by Gasteiger charge is 2.30. The molecule has 26 heavy (non-hydrogen) atoms. The molecule has 0 saturated carbocycles. The SMILES string of the molecule is Cc1nc(CC(=O)NCC(c2ccccc2)S(=O)(=O)c2cccs2)no1.